The van der Waals surface area contributed by atoms with E-state index >= 15 is 0 Å². The maximum Gasteiger partial charge on any atom is 0.334 e. The van der Waals surface area contributed by atoms with Crippen molar-refractivity contribution in [2.24, 2.45) is 0 Å². The molecule has 1 aliphatic heterocycles. The predicted molar refractivity (Wildman–Crippen MR) is 125 cm³/mol. The fourth-order valence-corrected chi connectivity index (χ4v) is 7.55. The van der Waals surface area contributed by atoms with Crippen LogP contribution in [0.3, 0.4) is 0 Å². The van der Waals surface area contributed by atoms with Crippen LogP contribution in [0.2, 0.25) is 0 Å². The van der Waals surface area contributed by atoms with Crippen molar-refractivity contribution in [1.82, 2.24) is 9.10 Å². The van der Waals surface area contributed by atoms with Crippen LogP contribution >= 0.6 is 11.5 Å². The van der Waals surface area contributed by atoms with E-state index < -0.39 is 16.2 Å². The first-order valence-electron chi connectivity index (χ1n) is 11.2. The molecule has 5 rings (SSSR count). The molecule has 0 unspecified atom stereocenters. The minimum atomic E-state index is -4.12. The third-order valence-electron chi connectivity index (χ3n) is 6.55. The number of aryl methyl sites for hydroxylation is 3. The third-order valence-corrected chi connectivity index (χ3v) is 9.00. The highest BCUT2D eigenvalue weighted by Gasteiger charge is 2.35. The molecule has 3 aliphatic rings. The van der Waals surface area contributed by atoms with Crippen LogP contribution in [0.5, 0.6) is 0 Å². The number of ether oxygens (including phenoxy) is 1. The minimum absolute atomic E-state index is 0.279. The Hall–Kier alpha value is -2.17. The lowest BCUT2D eigenvalue weighted by Gasteiger charge is -2.33. The number of anilines is 2. The number of fused-ring (bicyclic) bond motifs is 2. The van der Waals surface area contributed by atoms with Gasteiger partial charge in [-0.25, -0.2) is 13.8 Å². The first-order chi connectivity index (χ1) is 15.4. The molecule has 2 heterocycles. The lowest BCUT2D eigenvalue weighted by Crippen LogP contribution is -2.51. The number of aromatic nitrogens is 1. The van der Waals surface area contributed by atoms with Gasteiger partial charge in [0, 0.05) is 18.9 Å². The molecule has 0 radical (unpaired) electrons. The first-order valence-corrected chi connectivity index (χ1v) is 13.4. The van der Waals surface area contributed by atoms with Crippen molar-refractivity contribution in [1.29, 1.82) is 0 Å². The van der Waals surface area contributed by atoms with Crippen molar-refractivity contribution < 1.29 is 17.9 Å². The zero-order chi connectivity index (χ0) is 22.3. The second kappa shape index (κ2) is 8.64. The van der Waals surface area contributed by atoms with Crippen LogP contribution in [0.1, 0.15) is 53.6 Å². The number of rotatable bonds is 5. The van der Waals surface area contributed by atoms with E-state index in [1.54, 1.807) is 6.07 Å². The van der Waals surface area contributed by atoms with E-state index in [0.717, 1.165) is 72.6 Å². The summed E-state index contributed by atoms with van der Waals surface area (Å²) in [4.78, 5) is 13.0. The lowest BCUT2D eigenvalue weighted by atomic mass is 9.99. The first kappa shape index (κ1) is 21.7. The summed E-state index contributed by atoms with van der Waals surface area (Å²) in [6, 6.07) is 3.04. The molecule has 0 atom stereocenters. The molecule has 172 valence electrons. The van der Waals surface area contributed by atoms with Gasteiger partial charge < -0.3 is 10.1 Å². The number of hydrogen-bond donors (Lipinski definition) is 2. The molecular formula is C22H28N4O4S2. The number of amides is 2. The average Bonchev–Trinajstić information content (AvgIpc) is 3.49. The van der Waals surface area contributed by atoms with E-state index in [1.165, 1.54) is 15.4 Å². The molecule has 2 aliphatic carbocycles. The summed E-state index contributed by atoms with van der Waals surface area (Å²) in [6.07, 6.45) is 7.13. The fourth-order valence-electron chi connectivity index (χ4n) is 5.14. The molecule has 8 nitrogen and oxygen atoms in total. The van der Waals surface area contributed by atoms with Gasteiger partial charge in [0.05, 0.1) is 11.7 Å². The number of urea groups is 1. The van der Waals surface area contributed by atoms with Crippen molar-refractivity contribution in [3.8, 4) is 0 Å². The molecule has 1 aromatic heterocycles. The van der Waals surface area contributed by atoms with Crippen molar-refractivity contribution in [3.63, 3.8) is 0 Å². The van der Waals surface area contributed by atoms with Crippen molar-refractivity contribution in [3.05, 3.63) is 40.1 Å². The Morgan fingerprint density at radius 3 is 2.34 bits per heavy atom. The Morgan fingerprint density at radius 1 is 1.09 bits per heavy atom. The maximum absolute atomic E-state index is 13.4. The van der Waals surface area contributed by atoms with Crippen LogP contribution in [0.25, 0.3) is 0 Å². The van der Waals surface area contributed by atoms with E-state index in [2.05, 4.69) is 20.5 Å². The second-order valence-corrected chi connectivity index (χ2v) is 11.1. The summed E-state index contributed by atoms with van der Waals surface area (Å²) in [5, 5.41) is 3.43. The number of benzene rings is 1. The topological polar surface area (TPSA) is 101 Å². The van der Waals surface area contributed by atoms with Crippen LogP contribution in [0, 0.1) is 6.92 Å². The molecule has 1 aromatic carbocycles. The highest BCUT2D eigenvalue weighted by molar-refractivity contribution is 7.91. The molecule has 0 saturated carbocycles. The number of nitrogens with one attached hydrogen (secondary N) is 2. The van der Waals surface area contributed by atoms with Gasteiger partial charge in [-0.05, 0) is 98.1 Å². The van der Waals surface area contributed by atoms with Gasteiger partial charge in [-0.1, -0.05) is 6.07 Å². The van der Waals surface area contributed by atoms with Gasteiger partial charge in [0.1, 0.15) is 5.00 Å². The van der Waals surface area contributed by atoms with Gasteiger partial charge in [-0.2, -0.15) is 12.8 Å². The highest BCUT2D eigenvalue weighted by atomic mass is 32.2. The summed E-state index contributed by atoms with van der Waals surface area (Å²) in [5.41, 5.74) is 6.47. The summed E-state index contributed by atoms with van der Waals surface area (Å²) in [6.45, 7) is 2.80. The third kappa shape index (κ3) is 4.11. The van der Waals surface area contributed by atoms with Crippen LogP contribution < -0.4 is 14.3 Å². The number of nitrogens with zero attached hydrogens (tertiary/aromatic N) is 2. The zero-order valence-electron chi connectivity index (χ0n) is 18.1. The normalized spacial score (nSPS) is 18.3. The predicted octanol–water partition coefficient (Wildman–Crippen LogP) is 3.48. The number of carbonyl (C=O) groups is 1. The molecule has 10 heteroatoms. The Balaban J connectivity index is 1.41. The van der Waals surface area contributed by atoms with Crippen molar-refractivity contribution >= 4 is 38.5 Å². The Labute approximate surface area is 192 Å². The summed E-state index contributed by atoms with van der Waals surface area (Å²) in [5.74, 6) is 0. The largest absolute Gasteiger partial charge is 0.381 e. The van der Waals surface area contributed by atoms with Crippen LogP contribution in [-0.2, 0) is 40.6 Å². The molecule has 2 amide bonds. The van der Waals surface area contributed by atoms with E-state index in [4.69, 9.17) is 4.74 Å². The van der Waals surface area contributed by atoms with Gasteiger partial charge in [0.25, 0.3) is 0 Å². The van der Waals surface area contributed by atoms with Gasteiger partial charge in [0.15, 0.2) is 0 Å². The lowest BCUT2D eigenvalue weighted by molar-refractivity contribution is 0.0876. The van der Waals surface area contributed by atoms with Crippen molar-refractivity contribution in [2.75, 3.05) is 22.8 Å². The Morgan fingerprint density at radius 2 is 1.75 bits per heavy atom. The summed E-state index contributed by atoms with van der Waals surface area (Å²) in [7, 11) is -4.12. The van der Waals surface area contributed by atoms with E-state index in [0.29, 0.717) is 31.1 Å². The Bertz CT molecular complexity index is 1110. The van der Waals surface area contributed by atoms with Gasteiger partial charge in [-0.3, -0.25) is 0 Å². The van der Waals surface area contributed by atoms with E-state index in [1.807, 2.05) is 6.92 Å². The van der Waals surface area contributed by atoms with Gasteiger partial charge in [0.2, 0.25) is 0 Å². The van der Waals surface area contributed by atoms with E-state index in [9.17, 15) is 13.2 Å². The summed E-state index contributed by atoms with van der Waals surface area (Å²) < 4.78 is 40.1. The zero-order valence-corrected chi connectivity index (χ0v) is 19.8. The highest BCUT2D eigenvalue weighted by Crippen LogP contribution is 2.38. The Kier molecular flexibility index (Phi) is 5.85. The molecule has 0 spiro atoms. The smallest absolute Gasteiger partial charge is 0.334 e. The maximum atomic E-state index is 13.4. The molecular weight excluding hydrogens is 448 g/mol. The standard InChI is InChI=1S/C22H28N4O4S2/c1-14-12-20(31-24-14)26(17-8-10-30-11-9-17)32(28,29)25-22(27)23-21-18-6-2-4-15(18)13-16-5-3-7-19(16)21/h12-13,17H,2-11H2,1H3,(H2,23,25,27). The second-order valence-electron chi connectivity index (χ2n) is 8.74. The number of hydrogen-bond acceptors (Lipinski definition) is 6. The van der Waals surface area contributed by atoms with Crippen LogP contribution in [0.15, 0.2) is 12.1 Å². The van der Waals surface area contributed by atoms with Gasteiger partial charge in [-0.15, -0.1) is 0 Å². The summed E-state index contributed by atoms with van der Waals surface area (Å²) >= 11 is 1.13. The quantitative estimate of drug-likeness (QED) is 0.688. The molecule has 2 N–H and O–H groups in total. The van der Waals surface area contributed by atoms with Gasteiger partial charge >= 0.3 is 16.2 Å². The fraction of sp³-hybridized carbons (Fsp3) is 0.545. The molecule has 1 saturated heterocycles. The molecule has 0 bridgehead atoms. The van der Waals surface area contributed by atoms with Crippen LogP contribution in [0.4, 0.5) is 15.5 Å². The monoisotopic (exact) mass is 476 g/mol. The minimum Gasteiger partial charge on any atom is -0.381 e. The average molecular weight is 477 g/mol. The number of carbonyl (C=O) groups excluding carboxylic acids is 1. The van der Waals surface area contributed by atoms with Crippen LogP contribution in [-0.4, -0.2) is 38.1 Å². The molecule has 32 heavy (non-hydrogen) atoms. The van der Waals surface area contributed by atoms with E-state index in [-0.39, 0.29) is 6.04 Å². The molecule has 1 fully saturated rings. The SMILES string of the molecule is Cc1cc(N(C2CCOCC2)S(=O)(=O)NC(=O)Nc2c3c(cc4c2CCC4)CCC3)sn1. The molecule has 2 aromatic rings. The van der Waals surface area contributed by atoms with Crippen molar-refractivity contribution in [2.45, 2.75) is 64.3 Å².